The zero-order chi connectivity index (χ0) is 13.1. The van der Waals surface area contributed by atoms with Crippen molar-refractivity contribution in [3.8, 4) is 0 Å². The van der Waals surface area contributed by atoms with Gasteiger partial charge in [0, 0.05) is 18.6 Å². The third-order valence-corrected chi connectivity index (χ3v) is 6.44. The Labute approximate surface area is 110 Å². The zero-order valence-corrected chi connectivity index (χ0v) is 12.0. The summed E-state index contributed by atoms with van der Waals surface area (Å²) >= 11 is 0. The van der Waals surface area contributed by atoms with Crippen molar-refractivity contribution < 1.29 is 4.79 Å². The van der Waals surface area contributed by atoms with Crippen LogP contribution in [0.5, 0.6) is 0 Å². The second-order valence-corrected chi connectivity index (χ2v) is 7.63. The third kappa shape index (κ3) is 1.63. The number of hydrogen-bond donors (Lipinski definition) is 2. The molecule has 3 aliphatic rings. The Morgan fingerprint density at radius 1 is 1.22 bits per heavy atom. The molecule has 1 saturated carbocycles. The van der Waals surface area contributed by atoms with Crippen LogP contribution in [0, 0.1) is 22.7 Å². The first-order chi connectivity index (χ1) is 8.34. The SMILES string of the molecule is CC1(C)C(CNC(=O)C2CC3CCC2N3)C1(C)C. The molecule has 0 aromatic heterocycles. The number of hydrogen-bond acceptors (Lipinski definition) is 2. The molecule has 0 aromatic rings. The van der Waals surface area contributed by atoms with Gasteiger partial charge in [0.25, 0.3) is 0 Å². The molecule has 3 fully saturated rings. The smallest absolute Gasteiger partial charge is 0.224 e. The van der Waals surface area contributed by atoms with Crippen LogP contribution in [0.25, 0.3) is 0 Å². The normalized spacial score (nSPS) is 39.9. The Morgan fingerprint density at radius 3 is 2.33 bits per heavy atom. The van der Waals surface area contributed by atoms with Crippen molar-refractivity contribution in [3.05, 3.63) is 0 Å². The number of amides is 1. The predicted molar refractivity (Wildman–Crippen MR) is 72.1 cm³/mol. The summed E-state index contributed by atoms with van der Waals surface area (Å²) in [5.41, 5.74) is 0.737. The molecule has 1 aliphatic carbocycles. The average molecular weight is 250 g/mol. The van der Waals surface area contributed by atoms with Crippen molar-refractivity contribution in [3.63, 3.8) is 0 Å². The largest absolute Gasteiger partial charge is 0.355 e. The van der Waals surface area contributed by atoms with Crippen LogP contribution >= 0.6 is 0 Å². The number of fused-ring (bicyclic) bond motifs is 2. The minimum Gasteiger partial charge on any atom is -0.355 e. The van der Waals surface area contributed by atoms with Crippen LogP contribution in [-0.2, 0) is 4.79 Å². The lowest BCUT2D eigenvalue weighted by molar-refractivity contribution is -0.125. The van der Waals surface area contributed by atoms with E-state index in [1.54, 1.807) is 0 Å². The predicted octanol–water partition coefficient (Wildman–Crippen LogP) is 1.93. The van der Waals surface area contributed by atoms with E-state index in [0.29, 0.717) is 28.8 Å². The molecule has 1 amide bonds. The molecule has 3 heteroatoms. The van der Waals surface area contributed by atoms with E-state index < -0.39 is 0 Å². The first kappa shape index (κ1) is 12.5. The first-order valence-electron chi connectivity index (χ1n) is 7.38. The highest BCUT2D eigenvalue weighted by Crippen LogP contribution is 2.67. The molecule has 3 unspecified atom stereocenters. The highest BCUT2D eigenvalue weighted by atomic mass is 16.1. The molecule has 2 saturated heterocycles. The number of nitrogens with one attached hydrogen (secondary N) is 2. The van der Waals surface area contributed by atoms with E-state index >= 15 is 0 Å². The van der Waals surface area contributed by atoms with Gasteiger partial charge in [0.1, 0.15) is 0 Å². The van der Waals surface area contributed by atoms with E-state index in [1.807, 2.05) is 0 Å². The minimum atomic E-state index is 0.230. The van der Waals surface area contributed by atoms with Gasteiger partial charge in [-0.2, -0.15) is 0 Å². The molecule has 0 radical (unpaired) electrons. The fourth-order valence-corrected chi connectivity index (χ4v) is 4.29. The van der Waals surface area contributed by atoms with Gasteiger partial charge in [-0.15, -0.1) is 0 Å². The standard InChI is InChI=1S/C15H26N2O/c1-14(2)12(15(14,3)4)8-16-13(18)10-7-9-5-6-11(10)17-9/h9-12,17H,5-8H2,1-4H3,(H,16,18). The Morgan fingerprint density at radius 2 is 1.89 bits per heavy atom. The Kier molecular flexibility index (Phi) is 2.58. The van der Waals surface area contributed by atoms with Crippen LogP contribution in [0.2, 0.25) is 0 Å². The summed E-state index contributed by atoms with van der Waals surface area (Å²) in [5, 5.41) is 6.74. The zero-order valence-electron chi connectivity index (χ0n) is 12.0. The summed E-state index contributed by atoms with van der Waals surface area (Å²) in [7, 11) is 0. The molecular formula is C15H26N2O. The molecule has 3 nitrogen and oxygen atoms in total. The lowest BCUT2D eigenvalue weighted by atomic mass is 9.88. The second-order valence-electron chi connectivity index (χ2n) is 7.63. The maximum absolute atomic E-state index is 12.2. The van der Waals surface area contributed by atoms with Crippen molar-refractivity contribution in [2.24, 2.45) is 22.7 Å². The van der Waals surface area contributed by atoms with Gasteiger partial charge in [0.2, 0.25) is 5.91 Å². The molecule has 3 atom stereocenters. The topological polar surface area (TPSA) is 41.1 Å². The van der Waals surface area contributed by atoms with Gasteiger partial charge >= 0.3 is 0 Å². The summed E-state index contributed by atoms with van der Waals surface area (Å²) in [4.78, 5) is 12.2. The molecule has 2 aliphatic heterocycles. The summed E-state index contributed by atoms with van der Waals surface area (Å²) in [6.45, 7) is 10.1. The van der Waals surface area contributed by atoms with Crippen LogP contribution in [-0.4, -0.2) is 24.5 Å². The molecule has 2 N–H and O–H groups in total. The molecule has 18 heavy (non-hydrogen) atoms. The molecular weight excluding hydrogens is 224 g/mol. The van der Waals surface area contributed by atoms with E-state index in [9.17, 15) is 4.79 Å². The van der Waals surface area contributed by atoms with Crippen molar-refractivity contribution in [1.29, 1.82) is 0 Å². The first-order valence-corrected chi connectivity index (χ1v) is 7.38. The quantitative estimate of drug-likeness (QED) is 0.803. The van der Waals surface area contributed by atoms with Gasteiger partial charge in [0.05, 0.1) is 5.92 Å². The van der Waals surface area contributed by atoms with E-state index in [4.69, 9.17) is 0 Å². The molecule has 2 bridgehead atoms. The van der Waals surface area contributed by atoms with Crippen LogP contribution in [0.4, 0.5) is 0 Å². The van der Waals surface area contributed by atoms with E-state index in [0.717, 1.165) is 13.0 Å². The number of carbonyl (C=O) groups is 1. The van der Waals surface area contributed by atoms with E-state index in [1.165, 1.54) is 12.8 Å². The number of rotatable bonds is 3. The van der Waals surface area contributed by atoms with Gasteiger partial charge < -0.3 is 10.6 Å². The Balaban J connectivity index is 1.52. The molecule has 2 heterocycles. The van der Waals surface area contributed by atoms with Gasteiger partial charge in [-0.25, -0.2) is 0 Å². The van der Waals surface area contributed by atoms with Crippen LogP contribution in [0.1, 0.15) is 47.0 Å². The van der Waals surface area contributed by atoms with Crippen molar-refractivity contribution in [2.75, 3.05) is 6.54 Å². The van der Waals surface area contributed by atoms with Gasteiger partial charge in [-0.05, 0) is 36.0 Å². The lowest BCUT2D eigenvalue weighted by Crippen LogP contribution is -2.38. The Bertz CT molecular complexity index is 361. The highest BCUT2D eigenvalue weighted by molar-refractivity contribution is 5.80. The fourth-order valence-electron chi connectivity index (χ4n) is 4.29. The molecule has 0 aromatic carbocycles. The second kappa shape index (κ2) is 3.72. The summed E-state index contributed by atoms with van der Waals surface area (Å²) in [5.74, 6) is 1.14. The molecule has 0 spiro atoms. The Hall–Kier alpha value is -0.570. The monoisotopic (exact) mass is 250 g/mol. The molecule has 102 valence electrons. The van der Waals surface area contributed by atoms with E-state index in [-0.39, 0.29) is 11.8 Å². The van der Waals surface area contributed by atoms with Gasteiger partial charge in [-0.3, -0.25) is 4.79 Å². The van der Waals surface area contributed by atoms with Gasteiger partial charge in [-0.1, -0.05) is 27.7 Å². The lowest BCUT2D eigenvalue weighted by Gasteiger charge is -2.19. The van der Waals surface area contributed by atoms with E-state index in [2.05, 4.69) is 38.3 Å². The van der Waals surface area contributed by atoms with Crippen molar-refractivity contribution in [2.45, 2.75) is 59.0 Å². The summed E-state index contributed by atoms with van der Waals surface area (Å²) < 4.78 is 0. The van der Waals surface area contributed by atoms with Crippen LogP contribution in [0.3, 0.4) is 0 Å². The van der Waals surface area contributed by atoms with Crippen molar-refractivity contribution >= 4 is 5.91 Å². The van der Waals surface area contributed by atoms with Crippen molar-refractivity contribution in [1.82, 2.24) is 10.6 Å². The summed E-state index contributed by atoms with van der Waals surface area (Å²) in [6, 6.07) is 1.06. The third-order valence-electron chi connectivity index (χ3n) is 6.44. The number of carbonyl (C=O) groups excluding carboxylic acids is 1. The van der Waals surface area contributed by atoms with Gasteiger partial charge in [0.15, 0.2) is 0 Å². The highest BCUT2D eigenvalue weighted by Gasteiger charge is 2.64. The fraction of sp³-hybridized carbons (Fsp3) is 0.933. The maximum atomic E-state index is 12.2. The maximum Gasteiger partial charge on any atom is 0.224 e. The molecule has 3 rings (SSSR count). The van der Waals surface area contributed by atoms with Crippen LogP contribution in [0.15, 0.2) is 0 Å². The summed E-state index contributed by atoms with van der Waals surface area (Å²) in [6.07, 6.45) is 3.49. The average Bonchev–Trinajstić information content (AvgIpc) is 2.78. The van der Waals surface area contributed by atoms with Crippen LogP contribution < -0.4 is 10.6 Å². The minimum absolute atomic E-state index is 0.230.